The highest BCUT2D eigenvalue weighted by Crippen LogP contribution is 2.25. The summed E-state index contributed by atoms with van der Waals surface area (Å²) < 4.78 is 20.0. The van der Waals surface area contributed by atoms with Crippen molar-refractivity contribution < 1.29 is 8.91 Å². The topological polar surface area (TPSA) is 68.0 Å². The van der Waals surface area contributed by atoms with E-state index in [1.807, 2.05) is 13.8 Å². The second kappa shape index (κ2) is 4.21. The average Bonchev–Trinajstić information content (AvgIpc) is 2.74. The maximum absolute atomic E-state index is 13.6. The second-order valence-corrected chi connectivity index (χ2v) is 5.20. The van der Waals surface area contributed by atoms with E-state index in [1.165, 1.54) is 6.07 Å². The van der Waals surface area contributed by atoms with Crippen molar-refractivity contribution >= 4 is 33.5 Å². The summed E-state index contributed by atoms with van der Waals surface area (Å²) in [6, 6.07) is 2.33. The summed E-state index contributed by atoms with van der Waals surface area (Å²) in [6.07, 6.45) is 0. The third kappa shape index (κ3) is 1.61. The van der Waals surface area contributed by atoms with E-state index in [0.29, 0.717) is 5.52 Å². The van der Waals surface area contributed by atoms with Crippen LogP contribution in [0.4, 0.5) is 4.39 Å². The highest BCUT2D eigenvalue weighted by Gasteiger charge is 2.19. The zero-order valence-corrected chi connectivity index (χ0v) is 11.4. The van der Waals surface area contributed by atoms with Gasteiger partial charge in [-0.05, 0) is 26.0 Å². The summed E-state index contributed by atoms with van der Waals surface area (Å²) in [5, 5.41) is 2.34. The number of fused-ring (bicyclic) bond motifs is 2. The van der Waals surface area contributed by atoms with Gasteiger partial charge in [-0.2, -0.15) is 0 Å². The Morgan fingerprint density at radius 3 is 2.70 bits per heavy atom. The van der Waals surface area contributed by atoms with E-state index < -0.39 is 16.9 Å². The normalized spacial score (nSPS) is 11.8. The van der Waals surface area contributed by atoms with Crippen LogP contribution in [0.5, 0.6) is 0 Å². The molecule has 20 heavy (non-hydrogen) atoms. The number of hydrogen-bond acceptors (Lipinski definition) is 3. The van der Waals surface area contributed by atoms with Crippen LogP contribution in [0.1, 0.15) is 19.9 Å². The first-order valence-corrected chi connectivity index (χ1v) is 6.34. The van der Waals surface area contributed by atoms with Crippen LogP contribution in [0.2, 0.25) is 5.02 Å². The Kier molecular flexibility index (Phi) is 2.72. The highest BCUT2D eigenvalue weighted by molar-refractivity contribution is 6.31. The van der Waals surface area contributed by atoms with Gasteiger partial charge in [0.05, 0.1) is 10.5 Å². The molecule has 0 radical (unpaired) electrons. The van der Waals surface area contributed by atoms with Gasteiger partial charge in [0.15, 0.2) is 11.0 Å². The zero-order chi connectivity index (χ0) is 14.6. The number of pyridine rings is 1. The van der Waals surface area contributed by atoms with Crippen LogP contribution in [0, 0.1) is 5.82 Å². The number of H-pyrrole nitrogens is 1. The molecule has 0 aliphatic rings. The minimum Gasteiger partial charge on any atom is -0.336 e. The molecule has 1 aromatic carbocycles. The first kappa shape index (κ1) is 12.9. The first-order valence-electron chi connectivity index (χ1n) is 5.96. The summed E-state index contributed by atoms with van der Waals surface area (Å²) >= 11 is 5.79. The molecule has 0 aliphatic heterocycles. The van der Waals surface area contributed by atoms with Crippen LogP contribution in [0.3, 0.4) is 0 Å². The van der Waals surface area contributed by atoms with E-state index in [9.17, 15) is 14.0 Å². The van der Waals surface area contributed by atoms with Crippen LogP contribution in [0.15, 0.2) is 26.2 Å². The smallest absolute Gasteiger partial charge is 0.336 e. The predicted octanol–water partition coefficient (Wildman–Crippen LogP) is 2.81. The Morgan fingerprint density at radius 2 is 2.05 bits per heavy atom. The number of benzene rings is 1. The first-order chi connectivity index (χ1) is 9.41. The van der Waals surface area contributed by atoms with E-state index in [2.05, 4.69) is 5.16 Å². The van der Waals surface area contributed by atoms with Crippen molar-refractivity contribution in [2.75, 3.05) is 0 Å². The Balaban J connectivity index is 2.72. The van der Waals surface area contributed by atoms with Crippen molar-refractivity contribution in [3.8, 4) is 0 Å². The minimum absolute atomic E-state index is 0.0866. The van der Waals surface area contributed by atoms with Gasteiger partial charge in [0, 0.05) is 11.4 Å². The fourth-order valence-electron chi connectivity index (χ4n) is 2.37. The molecule has 0 saturated heterocycles. The van der Waals surface area contributed by atoms with Gasteiger partial charge in [-0.15, -0.1) is 0 Å². The molecule has 0 bridgehead atoms. The molecule has 0 unspecified atom stereocenters. The standard InChI is InChI=1S/C13H10ClFN2O3/c1-5(2)17-9-4-7(14)8(15)3-6(9)11(18)10-12(17)16-20-13(10)19/h3-5,16H,1-2H3. The molecule has 0 saturated carbocycles. The lowest BCUT2D eigenvalue weighted by Gasteiger charge is -2.15. The number of nitrogens with one attached hydrogen (secondary N) is 1. The maximum atomic E-state index is 13.6. The molecule has 0 amide bonds. The fourth-order valence-corrected chi connectivity index (χ4v) is 2.53. The Hall–Kier alpha value is -2.08. The molecular weight excluding hydrogens is 287 g/mol. The van der Waals surface area contributed by atoms with Crippen molar-refractivity contribution in [2.45, 2.75) is 19.9 Å². The predicted molar refractivity (Wildman–Crippen MR) is 74.0 cm³/mol. The highest BCUT2D eigenvalue weighted by atomic mass is 35.5. The Labute approximate surface area is 116 Å². The molecular formula is C13H10ClFN2O3. The minimum atomic E-state index is -0.767. The average molecular weight is 297 g/mol. The summed E-state index contributed by atoms with van der Waals surface area (Å²) in [5.41, 5.74) is -0.625. The molecule has 0 atom stereocenters. The molecule has 0 fully saturated rings. The molecule has 1 N–H and O–H groups in total. The maximum Gasteiger partial charge on any atom is 0.370 e. The van der Waals surface area contributed by atoms with E-state index in [-0.39, 0.29) is 27.5 Å². The van der Waals surface area contributed by atoms with Crippen molar-refractivity contribution in [1.29, 1.82) is 0 Å². The van der Waals surface area contributed by atoms with Crippen molar-refractivity contribution in [1.82, 2.24) is 9.72 Å². The van der Waals surface area contributed by atoms with Crippen LogP contribution in [-0.2, 0) is 0 Å². The third-order valence-corrected chi connectivity index (χ3v) is 3.50. The zero-order valence-electron chi connectivity index (χ0n) is 10.7. The molecule has 2 aromatic heterocycles. The van der Waals surface area contributed by atoms with Crippen LogP contribution < -0.4 is 11.1 Å². The number of aromatic amines is 1. The SMILES string of the molecule is CC(C)n1c2cc(Cl)c(F)cc2c(=O)c2c(=O)o[nH]c21. The van der Waals surface area contributed by atoms with Crippen molar-refractivity contribution in [3.05, 3.63) is 43.6 Å². The lowest BCUT2D eigenvalue weighted by Crippen LogP contribution is -2.16. The van der Waals surface area contributed by atoms with Crippen molar-refractivity contribution in [3.63, 3.8) is 0 Å². The van der Waals surface area contributed by atoms with Gasteiger partial charge in [-0.1, -0.05) is 11.6 Å². The number of rotatable bonds is 1. The summed E-state index contributed by atoms with van der Waals surface area (Å²) in [4.78, 5) is 23.9. The summed E-state index contributed by atoms with van der Waals surface area (Å²) in [7, 11) is 0. The monoisotopic (exact) mass is 296 g/mol. The third-order valence-electron chi connectivity index (χ3n) is 3.21. The van der Waals surface area contributed by atoms with E-state index in [4.69, 9.17) is 16.1 Å². The van der Waals surface area contributed by atoms with Gasteiger partial charge in [0.25, 0.3) is 0 Å². The Bertz CT molecular complexity index is 952. The molecule has 0 spiro atoms. The van der Waals surface area contributed by atoms with Gasteiger partial charge >= 0.3 is 5.63 Å². The van der Waals surface area contributed by atoms with E-state index >= 15 is 0 Å². The molecule has 3 aromatic rings. The Morgan fingerprint density at radius 1 is 1.35 bits per heavy atom. The number of hydrogen-bond donors (Lipinski definition) is 1. The van der Waals surface area contributed by atoms with Gasteiger partial charge in [0.2, 0.25) is 5.43 Å². The van der Waals surface area contributed by atoms with E-state index in [1.54, 1.807) is 4.57 Å². The lowest BCUT2D eigenvalue weighted by molar-refractivity contribution is 0.395. The molecule has 0 aliphatic carbocycles. The summed E-state index contributed by atoms with van der Waals surface area (Å²) in [5.74, 6) is -0.703. The van der Waals surface area contributed by atoms with Gasteiger partial charge in [-0.25, -0.2) is 14.3 Å². The summed E-state index contributed by atoms with van der Waals surface area (Å²) in [6.45, 7) is 3.73. The number of nitrogens with zero attached hydrogens (tertiary/aromatic N) is 1. The molecule has 3 rings (SSSR count). The lowest BCUT2D eigenvalue weighted by atomic mass is 10.1. The molecule has 104 valence electrons. The number of aromatic nitrogens is 2. The molecule has 5 nitrogen and oxygen atoms in total. The number of halogens is 2. The fraction of sp³-hybridized carbons (Fsp3) is 0.231. The van der Waals surface area contributed by atoms with Gasteiger partial charge in [-0.3, -0.25) is 4.79 Å². The quantitative estimate of drug-likeness (QED) is 0.751. The van der Waals surface area contributed by atoms with Crippen LogP contribution >= 0.6 is 11.6 Å². The van der Waals surface area contributed by atoms with Gasteiger partial charge in [0.1, 0.15) is 5.82 Å². The van der Waals surface area contributed by atoms with Crippen LogP contribution in [0.25, 0.3) is 21.9 Å². The van der Waals surface area contributed by atoms with E-state index in [0.717, 1.165) is 6.07 Å². The largest absolute Gasteiger partial charge is 0.370 e. The van der Waals surface area contributed by atoms with Gasteiger partial charge < -0.3 is 9.09 Å². The van der Waals surface area contributed by atoms with Crippen molar-refractivity contribution in [2.24, 2.45) is 0 Å². The van der Waals surface area contributed by atoms with Crippen LogP contribution in [-0.4, -0.2) is 9.72 Å². The second-order valence-electron chi connectivity index (χ2n) is 4.79. The molecule has 7 heteroatoms. The molecule has 2 heterocycles.